The quantitative estimate of drug-likeness (QED) is 0.593. The molecule has 0 spiro atoms. The average molecular weight is 441 g/mol. The van der Waals surface area contributed by atoms with Crippen LogP contribution in [0, 0.1) is 0 Å². The van der Waals surface area contributed by atoms with E-state index in [1.807, 2.05) is 17.0 Å². The molecule has 2 aliphatic rings. The molecule has 1 saturated carbocycles. The van der Waals surface area contributed by atoms with Crippen LogP contribution in [0.1, 0.15) is 67.9 Å². The van der Waals surface area contributed by atoms with E-state index < -0.39 is 0 Å². The number of likely N-dealkylation sites (tertiary alicyclic amines) is 1. The molecule has 1 saturated heterocycles. The van der Waals surface area contributed by atoms with Gasteiger partial charge in [0, 0.05) is 48.4 Å². The Kier molecular flexibility index (Phi) is 5.72. The molecule has 162 valence electrons. The number of halogens is 1. The second-order valence-electron chi connectivity index (χ2n) is 8.38. The molecule has 3 heterocycles. The number of aromatic amines is 1. The van der Waals surface area contributed by atoms with Crippen molar-refractivity contribution in [1.29, 1.82) is 0 Å². The summed E-state index contributed by atoms with van der Waals surface area (Å²) in [5.74, 6) is 4.16. The van der Waals surface area contributed by atoms with Gasteiger partial charge in [0.2, 0.25) is 17.6 Å². The number of nitrogens with zero attached hydrogens (tertiary/aromatic N) is 5. The van der Waals surface area contributed by atoms with Gasteiger partial charge in [-0.2, -0.15) is 10.1 Å². The van der Waals surface area contributed by atoms with E-state index in [-0.39, 0.29) is 5.91 Å². The maximum absolute atomic E-state index is 12.6. The first kappa shape index (κ1) is 20.2. The van der Waals surface area contributed by atoms with Gasteiger partial charge in [-0.3, -0.25) is 9.89 Å². The molecule has 3 aromatic rings. The van der Waals surface area contributed by atoms with Gasteiger partial charge in [0.25, 0.3) is 0 Å². The van der Waals surface area contributed by atoms with E-state index in [4.69, 9.17) is 16.1 Å². The predicted octanol–water partition coefficient (Wildman–Crippen LogP) is 4.11. The number of carbonyl (C=O) groups is 1. The number of hydrogen-bond donors (Lipinski definition) is 1. The highest BCUT2D eigenvalue weighted by molar-refractivity contribution is 6.30. The fourth-order valence-electron chi connectivity index (χ4n) is 4.02. The van der Waals surface area contributed by atoms with Gasteiger partial charge in [0.1, 0.15) is 5.82 Å². The highest BCUT2D eigenvalue weighted by Gasteiger charge is 2.30. The molecule has 1 aliphatic carbocycles. The third kappa shape index (κ3) is 4.79. The van der Waals surface area contributed by atoms with Crippen molar-refractivity contribution < 1.29 is 9.32 Å². The van der Waals surface area contributed by atoms with Gasteiger partial charge in [-0.25, -0.2) is 4.98 Å². The molecule has 5 rings (SSSR count). The summed E-state index contributed by atoms with van der Waals surface area (Å²) < 4.78 is 5.33. The van der Waals surface area contributed by atoms with Crippen LogP contribution >= 0.6 is 11.6 Å². The standard InChI is InChI=1S/C22H25ClN6O2/c23-17-8-6-15(7-9-17)22-24-18(31-28-22)2-1-3-19(30)29-12-10-16(11-13-29)21-25-20(26-27-21)14-4-5-14/h6-9,14,16H,1-5,10-13H2,(H,25,26,27). The van der Waals surface area contributed by atoms with Crippen molar-refractivity contribution in [3.05, 3.63) is 46.8 Å². The molecule has 1 aliphatic heterocycles. The molecular weight excluding hydrogens is 416 g/mol. The summed E-state index contributed by atoms with van der Waals surface area (Å²) in [5, 5.41) is 12.2. The maximum atomic E-state index is 12.6. The lowest BCUT2D eigenvalue weighted by Gasteiger charge is -2.31. The molecule has 1 N–H and O–H groups in total. The zero-order valence-corrected chi connectivity index (χ0v) is 18.0. The predicted molar refractivity (Wildman–Crippen MR) is 115 cm³/mol. The van der Waals surface area contributed by atoms with Gasteiger partial charge in [-0.15, -0.1) is 0 Å². The van der Waals surface area contributed by atoms with Gasteiger partial charge in [0.05, 0.1) is 0 Å². The summed E-state index contributed by atoms with van der Waals surface area (Å²) in [6.45, 7) is 1.54. The molecular formula is C22H25ClN6O2. The molecule has 0 atom stereocenters. The monoisotopic (exact) mass is 440 g/mol. The highest BCUT2D eigenvalue weighted by atomic mass is 35.5. The lowest BCUT2D eigenvalue weighted by molar-refractivity contribution is -0.132. The molecule has 8 nitrogen and oxygen atoms in total. The van der Waals surface area contributed by atoms with Crippen LogP contribution in [0.5, 0.6) is 0 Å². The number of hydrogen-bond acceptors (Lipinski definition) is 6. The largest absolute Gasteiger partial charge is 0.343 e. The number of aromatic nitrogens is 5. The molecule has 0 unspecified atom stereocenters. The van der Waals surface area contributed by atoms with E-state index in [1.165, 1.54) is 12.8 Å². The van der Waals surface area contributed by atoms with E-state index in [0.717, 1.165) is 43.1 Å². The van der Waals surface area contributed by atoms with Gasteiger partial charge < -0.3 is 9.42 Å². The molecule has 9 heteroatoms. The van der Waals surface area contributed by atoms with Crippen LogP contribution in [0.3, 0.4) is 0 Å². The topological polar surface area (TPSA) is 101 Å². The van der Waals surface area contributed by atoms with Crippen LogP contribution in [-0.4, -0.2) is 49.2 Å². The number of nitrogens with one attached hydrogen (secondary N) is 1. The zero-order valence-electron chi connectivity index (χ0n) is 17.3. The minimum absolute atomic E-state index is 0.187. The Bertz CT molecular complexity index is 1030. The SMILES string of the molecule is O=C(CCCc1nc(-c2ccc(Cl)cc2)no1)N1CCC(c2nc(C3CC3)n[nH]2)CC1. The molecule has 1 aromatic carbocycles. The lowest BCUT2D eigenvalue weighted by Crippen LogP contribution is -2.38. The first-order valence-electron chi connectivity index (χ1n) is 10.9. The number of aryl methyl sites for hydroxylation is 1. The summed E-state index contributed by atoms with van der Waals surface area (Å²) >= 11 is 5.91. The second kappa shape index (κ2) is 8.78. The minimum atomic E-state index is 0.187. The summed E-state index contributed by atoms with van der Waals surface area (Å²) in [7, 11) is 0. The van der Waals surface area contributed by atoms with Crippen molar-refractivity contribution >= 4 is 17.5 Å². The van der Waals surface area contributed by atoms with Crippen LogP contribution in [0.4, 0.5) is 0 Å². The Labute approximate surface area is 185 Å². The Morgan fingerprint density at radius 2 is 1.87 bits per heavy atom. The third-order valence-corrected chi connectivity index (χ3v) is 6.30. The minimum Gasteiger partial charge on any atom is -0.343 e. The fourth-order valence-corrected chi connectivity index (χ4v) is 4.14. The average Bonchev–Trinajstić information content (AvgIpc) is 3.33. The number of amides is 1. The van der Waals surface area contributed by atoms with Crippen LogP contribution < -0.4 is 0 Å². The molecule has 31 heavy (non-hydrogen) atoms. The van der Waals surface area contributed by atoms with Crippen LogP contribution in [0.25, 0.3) is 11.4 Å². The normalized spacial score (nSPS) is 17.3. The Hall–Kier alpha value is -2.74. The van der Waals surface area contributed by atoms with Crippen LogP contribution in [0.15, 0.2) is 28.8 Å². The van der Waals surface area contributed by atoms with Crippen molar-refractivity contribution in [1.82, 2.24) is 30.2 Å². The number of piperidine rings is 1. The third-order valence-electron chi connectivity index (χ3n) is 6.05. The summed E-state index contributed by atoms with van der Waals surface area (Å²) in [4.78, 5) is 23.7. The van der Waals surface area contributed by atoms with E-state index >= 15 is 0 Å². The number of H-pyrrole nitrogens is 1. The second-order valence-corrected chi connectivity index (χ2v) is 8.82. The molecule has 2 fully saturated rings. The number of carbonyl (C=O) groups excluding carboxylic acids is 1. The van der Waals surface area contributed by atoms with E-state index in [1.54, 1.807) is 12.1 Å². The van der Waals surface area contributed by atoms with E-state index in [9.17, 15) is 4.79 Å². The summed E-state index contributed by atoms with van der Waals surface area (Å²) in [6.07, 6.45) is 6.03. The van der Waals surface area contributed by atoms with Gasteiger partial charge in [0.15, 0.2) is 5.82 Å². The maximum Gasteiger partial charge on any atom is 0.226 e. The van der Waals surface area contributed by atoms with Crippen molar-refractivity contribution in [2.75, 3.05) is 13.1 Å². The van der Waals surface area contributed by atoms with Crippen LogP contribution in [-0.2, 0) is 11.2 Å². The first-order valence-corrected chi connectivity index (χ1v) is 11.3. The number of benzene rings is 1. The Morgan fingerprint density at radius 3 is 2.61 bits per heavy atom. The Morgan fingerprint density at radius 1 is 1.10 bits per heavy atom. The van der Waals surface area contributed by atoms with Crippen molar-refractivity contribution in [3.63, 3.8) is 0 Å². The molecule has 2 aromatic heterocycles. The highest BCUT2D eigenvalue weighted by Crippen LogP contribution is 2.38. The van der Waals surface area contributed by atoms with Gasteiger partial charge in [-0.05, 0) is 56.4 Å². The zero-order chi connectivity index (χ0) is 21.2. The van der Waals surface area contributed by atoms with Crippen LogP contribution in [0.2, 0.25) is 5.02 Å². The van der Waals surface area contributed by atoms with Crippen molar-refractivity contribution in [2.24, 2.45) is 0 Å². The van der Waals surface area contributed by atoms with E-state index in [0.29, 0.717) is 47.8 Å². The lowest BCUT2D eigenvalue weighted by atomic mass is 9.96. The fraction of sp³-hybridized carbons (Fsp3) is 0.500. The summed E-state index contributed by atoms with van der Waals surface area (Å²) in [6, 6.07) is 7.30. The Balaban J connectivity index is 1.06. The van der Waals surface area contributed by atoms with Gasteiger partial charge in [-0.1, -0.05) is 16.8 Å². The molecule has 0 bridgehead atoms. The number of rotatable bonds is 7. The molecule has 0 radical (unpaired) electrons. The van der Waals surface area contributed by atoms with Gasteiger partial charge >= 0.3 is 0 Å². The van der Waals surface area contributed by atoms with Crippen molar-refractivity contribution in [2.45, 2.75) is 56.8 Å². The first-order chi connectivity index (χ1) is 15.2. The van der Waals surface area contributed by atoms with E-state index in [2.05, 4.69) is 25.3 Å². The smallest absolute Gasteiger partial charge is 0.226 e. The van der Waals surface area contributed by atoms with Crippen molar-refractivity contribution in [3.8, 4) is 11.4 Å². The molecule has 1 amide bonds. The summed E-state index contributed by atoms with van der Waals surface area (Å²) in [5.41, 5.74) is 0.856.